The lowest BCUT2D eigenvalue weighted by molar-refractivity contribution is 0.0478. The fourth-order valence-electron chi connectivity index (χ4n) is 4.58. The highest BCUT2D eigenvalue weighted by atomic mass is 32.1. The van der Waals surface area contributed by atoms with Gasteiger partial charge in [-0.05, 0) is 79.1 Å². The highest BCUT2D eigenvalue weighted by molar-refractivity contribution is 7.24. The number of hydrogen-bond acceptors (Lipinski definition) is 8. The van der Waals surface area contributed by atoms with Crippen molar-refractivity contribution in [2.75, 3.05) is 13.2 Å². The summed E-state index contributed by atoms with van der Waals surface area (Å²) in [5.41, 5.74) is 3.33. The van der Waals surface area contributed by atoms with Crippen molar-refractivity contribution in [1.82, 2.24) is 0 Å². The van der Waals surface area contributed by atoms with Crippen molar-refractivity contribution in [3.63, 3.8) is 0 Å². The van der Waals surface area contributed by atoms with Crippen LogP contribution in [0.5, 0.6) is 0 Å². The number of carbonyl (C=O) groups excluding carboxylic acids is 2. The van der Waals surface area contributed by atoms with Crippen molar-refractivity contribution in [3.05, 3.63) is 82.0 Å². The summed E-state index contributed by atoms with van der Waals surface area (Å²) in [4.78, 5) is 33.6. The second kappa shape index (κ2) is 12.4. The molecular weight excluding hydrogens is 565 g/mol. The predicted octanol–water partition coefficient (Wildman–Crippen LogP) is 9.91. The number of benzene rings is 1. The molecule has 5 rings (SSSR count). The molecule has 0 radical (unpaired) electrons. The van der Waals surface area contributed by atoms with Gasteiger partial charge in [0.15, 0.2) is 0 Å². The molecule has 5 aromatic rings. The lowest BCUT2D eigenvalue weighted by Crippen LogP contribution is -2.18. The fourth-order valence-corrected chi connectivity index (χ4v) is 8.37. The van der Waals surface area contributed by atoms with E-state index in [0.717, 1.165) is 32.9 Å². The van der Waals surface area contributed by atoms with E-state index in [0.29, 0.717) is 12.0 Å². The Morgan fingerprint density at radius 1 is 0.692 bits per heavy atom. The maximum Gasteiger partial charge on any atom is 0.339 e. The molecule has 0 fully saturated rings. The van der Waals surface area contributed by atoms with Gasteiger partial charge < -0.3 is 9.47 Å². The van der Waals surface area contributed by atoms with E-state index in [9.17, 15) is 9.59 Å². The van der Waals surface area contributed by atoms with Crippen LogP contribution in [0, 0.1) is 0 Å². The van der Waals surface area contributed by atoms with Crippen LogP contribution in [-0.2, 0) is 15.9 Å². The maximum absolute atomic E-state index is 13.4. The highest BCUT2D eigenvalue weighted by Crippen LogP contribution is 2.47. The van der Waals surface area contributed by atoms with Gasteiger partial charge in [0.1, 0.15) is 0 Å². The Balaban J connectivity index is 1.80. The minimum Gasteiger partial charge on any atom is -0.462 e. The van der Waals surface area contributed by atoms with E-state index in [4.69, 9.17) is 9.47 Å². The highest BCUT2D eigenvalue weighted by Gasteiger charge is 2.29. The minimum absolute atomic E-state index is 0.220. The largest absolute Gasteiger partial charge is 0.462 e. The molecule has 1 aromatic carbocycles. The van der Waals surface area contributed by atoms with Gasteiger partial charge in [-0.15, -0.1) is 45.3 Å². The summed E-state index contributed by atoms with van der Waals surface area (Å²) < 4.78 is 10.9. The monoisotopic (exact) mass is 592 g/mol. The first-order valence-corrected chi connectivity index (χ1v) is 16.3. The summed E-state index contributed by atoms with van der Waals surface area (Å²) in [6.07, 6.45) is 1.43. The van der Waals surface area contributed by atoms with Crippen LogP contribution in [0.15, 0.2) is 65.4 Å². The molecular formula is C31H28O4S4. The number of esters is 2. The Hall–Kier alpha value is -3.04. The van der Waals surface area contributed by atoms with Crippen LogP contribution in [-0.4, -0.2) is 25.2 Å². The molecule has 0 bridgehead atoms. The molecule has 0 saturated carbocycles. The van der Waals surface area contributed by atoms with Gasteiger partial charge in [-0.3, -0.25) is 0 Å². The summed E-state index contributed by atoms with van der Waals surface area (Å²) in [5, 5.41) is 4.15. The van der Waals surface area contributed by atoms with E-state index in [1.165, 1.54) is 19.5 Å². The zero-order valence-corrected chi connectivity index (χ0v) is 25.2. The number of hydrogen-bond donors (Lipinski definition) is 0. The van der Waals surface area contributed by atoms with Gasteiger partial charge in [-0.2, -0.15) is 0 Å². The lowest BCUT2D eigenvalue weighted by atomic mass is 9.87. The summed E-state index contributed by atoms with van der Waals surface area (Å²) in [7, 11) is 0. The molecule has 8 heteroatoms. The van der Waals surface area contributed by atoms with Crippen LogP contribution in [0.25, 0.3) is 40.4 Å². The van der Waals surface area contributed by atoms with Gasteiger partial charge in [0.2, 0.25) is 0 Å². The molecule has 0 unspecified atom stereocenters. The van der Waals surface area contributed by atoms with E-state index in [2.05, 4.69) is 66.2 Å². The molecule has 4 heterocycles. The summed E-state index contributed by atoms with van der Waals surface area (Å²) in [6.45, 7) is 6.08. The molecule has 0 N–H and O–H groups in total. The van der Waals surface area contributed by atoms with Gasteiger partial charge in [-0.1, -0.05) is 25.5 Å². The molecule has 0 spiro atoms. The number of thiophene rings is 4. The summed E-state index contributed by atoms with van der Waals surface area (Å²) >= 11 is 6.80. The van der Waals surface area contributed by atoms with E-state index in [1.54, 1.807) is 59.2 Å². The van der Waals surface area contributed by atoms with Gasteiger partial charge in [0.05, 0.1) is 24.3 Å². The second-order valence-electron chi connectivity index (χ2n) is 8.67. The SMILES string of the molecule is CCCc1c(C(=O)OCC)c(C(=O)OCC)cc(-c2ccc(-c3cccs3)s2)c1-c1ccc(-c2cccs2)s1. The Bertz CT molecular complexity index is 1570. The van der Waals surface area contributed by atoms with Gasteiger partial charge in [0, 0.05) is 40.4 Å². The van der Waals surface area contributed by atoms with Gasteiger partial charge >= 0.3 is 11.9 Å². The van der Waals surface area contributed by atoms with Crippen molar-refractivity contribution >= 4 is 57.3 Å². The van der Waals surface area contributed by atoms with Crippen molar-refractivity contribution in [3.8, 4) is 40.4 Å². The van der Waals surface area contributed by atoms with E-state index in [1.807, 2.05) is 6.07 Å². The topological polar surface area (TPSA) is 52.6 Å². The zero-order valence-electron chi connectivity index (χ0n) is 21.9. The van der Waals surface area contributed by atoms with Crippen LogP contribution < -0.4 is 0 Å². The van der Waals surface area contributed by atoms with Crippen LogP contribution in [0.1, 0.15) is 53.5 Å². The molecule has 0 saturated heterocycles. The first-order valence-electron chi connectivity index (χ1n) is 12.9. The van der Waals surface area contributed by atoms with Crippen molar-refractivity contribution in [1.29, 1.82) is 0 Å². The fraction of sp³-hybridized carbons (Fsp3) is 0.226. The number of ether oxygens (including phenoxy) is 2. The third-order valence-corrected chi connectivity index (χ3v) is 10.5. The summed E-state index contributed by atoms with van der Waals surface area (Å²) in [6, 6.07) is 18.7. The molecule has 0 amide bonds. The molecule has 200 valence electrons. The number of carbonyl (C=O) groups is 2. The van der Waals surface area contributed by atoms with E-state index >= 15 is 0 Å². The standard InChI is InChI=1S/C31H28O4S4/c1-4-9-19-28(27-15-14-26(39-27)24-11-8-17-37-24)20(22-12-13-25(38-22)23-10-7-16-36-23)18-21(30(32)34-5-2)29(19)31(33)35-6-3/h7-8,10-18H,4-6,9H2,1-3H3. The molecule has 0 aliphatic carbocycles. The Labute approximate surface area is 244 Å². The Morgan fingerprint density at radius 3 is 1.82 bits per heavy atom. The van der Waals surface area contributed by atoms with E-state index < -0.39 is 11.9 Å². The van der Waals surface area contributed by atoms with E-state index in [-0.39, 0.29) is 18.8 Å². The lowest BCUT2D eigenvalue weighted by Gasteiger charge is -2.20. The predicted molar refractivity (Wildman–Crippen MR) is 166 cm³/mol. The molecule has 4 aromatic heterocycles. The van der Waals surface area contributed by atoms with Crippen molar-refractivity contribution in [2.45, 2.75) is 33.6 Å². The first-order chi connectivity index (χ1) is 19.0. The molecule has 4 nitrogen and oxygen atoms in total. The average Bonchev–Trinajstić information content (AvgIpc) is 3.75. The quantitative estimate of drug-likeness (QED) is 0.151. The van der Waals surface area contributed by atoms with Crippen molar-refractivity contribution < 1.29 is 19.1 Å². The van der Waals surface area contributed by atoms with Crippen molar-refractivity contribution in [2.24, 2.45) is 0 Å². The molecule has 0 atom stereocenters. The van der Waals surface area contributed by atoms with Crippen LogP contribution in [0.3, 0.4) is 0 Å². The smallest absolute Gasteiger partial charge is 0.339 e. The second-order valence-corrected chi connectivity index (χ2v) is 12.7. The van der Waals surface area contributed by atoms with Crippen LogP contribution in [0.4, 0.5) is 0 Å². The Morgan fingerprint density at radius 2 is 1.26 bits per heavy atom. The molecule has 0 aliphatic rings. The van der Waals surface area contributed by atoms with Crippen LogP contribution >= 0.6 is 45.3 Å². The minimum atomic E-state index is -0.508. The first kappa shape index (κ1) is 27.5. The van der Waals surface area contributed by atoms with Gasteiger partial charge in [-0.25, -0.2) is 9.59 Å². The normalized spacial score (nSPS) is 11.1. The third-order valence-electron chi connectivity index (χ3n) is 6.16. The van der Waals surface area contributed by atoms with Gasteiger partial charge in [0.25, 0.3) is 0 Å². The average molecular weight is 593 g/mol. The zero-order chi connectivity index (χ0) is 27.4. The molecule has 0 aliphatic heterocycles. The number of rotatable bonds is 10. The summed E-state index contributed by atoms with van der Waals surface area (Å²) in [5.74, 6) is -0.997. The third kappa shape index (κ3) is 5.65. The Kier molecular flexibility index (Phi) is 8.77. The maximum atomic E-state index is 13.4. The molecule has 39 heavy (non-hydrogen) atoms. The van der Waals surface area contributed by atoms with Crippen LogP contribution in [0.2, 0.25) is 0 Å².